The van der Waals surface area contributed by atoms with Gasteiger partial charge in [-0.3, -0.25) is 0 Å². The van der Waals surface area contributed by atoms with E-state index >= 15 is 0 Å². The topological polar surface area (TPSA) is 17.3 Å². The minimum atomic E-state index is -4.57. The summed E-state index contributed by atoms with van der Waals surface area (Å²) in [7, 11) is 0. The van der Waals surface area contributed by atoms with Gasteiger partial charge in [0.1, 0.15) is 10.8 Å². The monoisotopic (exact) mass is 418 g/mol. The Labute approximate surface area is 165 Å². The van der Waals surface area contributed by atoms with Crippen LogP contribution in [0.2, 0.25) is 0 Å². The molecule has 0 spiro atoms. The van der Waals surface area contributed by atoms with Gasteiger partial charge >= 0.3 is 6.18 Å². The molecule has 0 radical (unpaired) electrons. The Morgan fingerprint density at radius 3 is 2.37 bits per heavy atom. The zero-order chi connectivity index (χ0) is 20.6. The molecule has 148 valence electrons. The third kappa shape index (κ3) is 5.48. The molecule has 0 aliphatic rings. The fraction of sp³-hybridized carbons (Fsp3) is 0.474. The first-order valence-corrected chi connectivity index (χ1v) is 9.68. The fourth-order valence-corrected chi connectivity index (χ4v) is 3.72. The van der Waals surface area contributed by atoms with Gasteiger partial charge in [-0.1, -0.05) is 46.8 Å². The molecule has 1 aromatic heterocycles. The van der Waals surface area contributed by atoms with Gasteiger partial charge in [0.05, 0.1) is 5.56 Å². The zero-order valence-corrected chi connectivity index (χ0v) is 17.4. The molecule has 0 amide bonds. The SMILES string of the molecule is CC(C)Cn1cc(C(C)(C)C)s/c1=N\C(=S)c1cc(C(F)(F)F)ccc1F. The number of halogens is 4. The summed E-state index contributed by atoms with van der Waals surface area (Å²) in [6.07, 6.45) is -2.59. The predicted octanol–water partition coefficient (Wildman–Crippen LogP) is 5.94. The number of thiocarbonyl (C=S) groups is 1. The lowest BCUT2D eigenvalue weighted by Crippen LogP contribution is -2.19. The molecule has 8 heteroatoms. The van der Waals surface area contributed by atoms with Gasteiger partial charge in [-0.25, -0.2) is 9.38 Å². The van der Waals surface area contributed by atoms with E-state index in [1.54, 1.807) is 0 Å². The van der Waals surface area contributed by atoms with E-state index in [9.17, 15) is 17.6 Å². The van der Waals surface area contributed by atoms with Crippen molar-refractivity contribution in [1.29, 1.82) is 0 Å². The van der Waals surface area contributed by atoms with Gasteiger partial charge in [0.2, 0.25) is 0 Å². The third-order valence-electron chi connectivity index (χ3n) is 3.74. The Balaban J connectivity index is 2.55. The molecule has 2 rings (SSSR count). The van der Waals surface area contributed by atoms with Crippen molar-refractivity contribution in [2.75, 3.05) is 0 Å². The molecule has 27 heavy (non-hydrogen) atoms. The van der Waals surface area contributed by atoms with E-state index < -0.39 is 17.6 Å². The van der Waals surface area contributed by atoms with E-state index in [2.05, 4.69) is 39.6 Å². The summed E-state index contributed by atoms with van der Waals surface area (Å²) in [5, 5.41) is 0. The molecule has 1 heterocycles. The highest BCUT2D eigenvalue weighted by Crippen LogP contribution is 2.30. The highest BCUT2D eigenvalue weighted by atomic mass is 32.1. The largest absolute Gasteiger partial charge is 0.416 e. The Hall–Kier alpha value is -1.54. The second-order valence-corrected chi connectivity index (χ2v) is 9.18. The lowest BCUT2D eigenvalue weighted by molar-refractivity contribution is -0.137. The predicted molar refractivity (Wildman–Crippen MR) is 105 cm³/mol. The Morgan fingerprint density at radius 2 is 1.85 bits per heavy atom. The summed E-state index contributed by atoms with van der Waals surface area (Å²) >= 11 is 6.58. The highest BCUT2D eigenvalue weighted by Gasteiger charge is 2.31. The number of alkyl halides is 3. The average Bonchev–Trinajstić information content (AvgIpc) is 2.88. The summed E-state index contributed by atoms with van der Waals surface area (Å²) in [6, 6.07) is 2.19. The van der Waals surface area contributed by atoms with Gasteiger partial charge in [-0.2, -0.15) is 13.2 Å². The Bertz CT molecular complexity index is 900. The molecule has 0 saturated heterocycles. The molecule has 0 aliphatic carbocycles. The molecular weight excluding hydrogens is 396 g/mol. The number of aromatic nitrogens is 1. The van der Waals surface area contributed by atoms with Crippen LogP contribution < -0.4 is 4.80 Å². The standard InChI is InChI=1S/C19H22F4N2S2/c1-11(2)9-25-10-15(18(3,4)5)27-17(25)24-16(26)13-8-12(19(21,22)23)6-7-14(13)20/h6-8,10-11H,9H2,1-5H3/b24-17-. The van der Waals surface area contributed by atoms with Crippen LogP contribution in [0.15, 0.2) is 29.4 Å². The molecule has 0 saturated carbocycles. The highest BCUT2D eigenvalue weighted by molar-refractivity contribution is 7.80. The van der Waals surface area contributed by atoms with Gasteiger partial charge in [0.15, 0.2) is 4.80 Å². The smallest absolute Gasteiger partial charge is 0.323 e. The second-order valence-electron chi connectivity index (χ2n) is 7.78. The van der Waals surface area contributed by atoms with Crippen molar-refractivity contribution in [3.63, 3.8) is 0 Å². The summed E-state index contributed by atoms with van der Waals surface area (Å²) < 4.78 is 54.8. The van der Waals surface area contributed by atoms with E-state index in [1.165, 1.54) is 11.3 Å². The maximum atomic E-state index is 14.1. The minimum Gasteiger partial charge on any atom is -0.323 e. The lowest BCUT2D eigenvalue weighted by atomic mass is 9.95. The molecule has 0 N–H and O–H groups in total. The van der Waals surface area contributed by atoms with Gasteiger partial charge in [-0.15, -0.1) is 11.3 Å². The minimum absolute atomic E-state index is 0.111. The zero-order valence-electron chi connectivity index (χ0n) is 15.8. The third-order valence-corrected chi connectivity index (χ3v) is 5.50. The van der Waals surface area contributed by atoms with Crippen LogP contribution in [0.1, 0.15) is 50.6 Å². The van der Waals surface area contributed by atoms with Crippen LogP contribution in [0.4, 0.5) is 17.6 Å². The van der Waals surface area contributed by atoms with Crippen molar-refractivity contribution in [3.8, 4) is 0 Å². The molecule has 0 atom stereocenters. The molecule has 0 fully saturated rings. The van der Waals surface area contributed by atoms with Crippen LogP contribution in [0.3, 0.4) is 0 Å². The first kappa shape index (κ1) is 21.8. The molecular formula is C19H22F4N2S2. The normalized spacial score (nSPS) is 13.5. The Morgan fingerprint density at radius 1 is 1.22 bits per heavy atom. The maximum absolute atomic E-state index is 14.1. The molecule has 0 bridgehead atoms. The van der Waals surface area contributed by atoms with Crippen LogP contribution in [-0.4, -0.2) is 9.56 Å². The number of thiazole rings is 1. The van der Waals surface area contributed by atoms with E-state index in [0.717, 1.165) is 10.9 Å². The molecule has 0 unspecified atom stereocenters. The van der Waals surface area contributed by atoms with Gasteiger partial charge < -0.3 is 4.57 Å². The summed E-state index contributed by atoms with van der Waals surface area (Å²) in [6.45, 7) is 11.0. The average molecular weight is 419 g/mol. The lowest BCUT2D eigenvalue weighted by Gasteiger charge is -2.14. The van der Waals surface area contributed by atoms with Gasteiger partial charge in [0, 0.05) is 23.2 Å². The first-order valence-electron chi connectivity index (χ1n) is 8.45. The van der Waals surface area contributed by atoms with E-state index in [0.29, 0.717) is 29.4 Å². The van der Waals surface area contributed by atoms with E-state index in [1.807, 2.05) is 10.8 Å². The maximum Gasteiger partial charge on any atom is 0.416 e. The van der Waals surface area contributed by atoms with Crippen molar-refractivity contribution >= 4 is 28.5 Å². The van der Waals surface area contributed by atoms with Crippen LogP contribution in [0.5, 0.6) is 0 Å². The van der Waals surface area contributed by atoms with Gasteiger partial charge in [0.25, 0.3) is 0 Å². The van der Waals surface area contributed by atoms with E-state index in [4.69, 9.17) is 12.2 Å². The van der Waals surface area contributed by atoms with E-state index in [-0.39, 0.29) is 16.0 Å². The van der Waals surface area contributed by atoms with Crippen LogP contribution >= 0.6 is 23.6 Å². The van der Waals surface area contributed by atoms with Crippen molar-refractivity contribution in [2.24, 2.45) is 10.9 Å². The molecule has 0 aliphatic heterocycles. The first-order chi connectivity index (χ1) is 12.3. The number of benzene rings is 1. The second kappa shape index (κ2) is 7.83. The van der Waals surface area contributed by atoms with Crippen LogP contribution in [0.25, 0.3) is 0 Å². The summed E-state index contributed by atoms with van der Waals surface area (Å²) in [5.74, 6) is -0.481. The summed E-state index contributed by atoms with van der Waals surface area (Å²) in [5.41, 5.74) is -1.38. The van der Waals surface area contributed by atoms with Gasteiger partial charge in [-0.05, 0) is 29.5 Å². The van der Waals surface area contributed by atoms with Crippen molar-refractivity contribution in [3.05, 3.63) is 51.0 Å². The van der Waals surface area contributed by atoms with Crippen molar-refractivity contribution in [1.82, 2.24) is 4.57 Å². The van der Waals surface area contributed by atoms with Crippen LogP contribution in [0, 0.1) is 11.7 Å². The number of nitrogens with zero attached hydrogens (tertiary/aromatic N) is 2. The molecule has 2 aromatic rings. The summed E-state index contributed by atoms with van der Waals surface area (Å²) in [4.78, 5) is 5.73. The molecule has 2 nitrogen and oxygen atoms in total. The number of hydrogen-bond donors (Lipinski definition) is 0. The molecule has 1 aromatic carbocycles. The number of hydrogen-bond acceptors (Lipinski definition) is 2. The van der Waals surface area contributed by atoms with Crippen molar-refractivity contribution < 1.29 is 17.6 Å². The Kier molecular flexibility index (Phi) is 6.31. The number of rotatable bonds is 3. The van der Waals surface area contributed by atoms with Crippen LogP contribution in [-0.2, 0) is 18.1 Å². The quantitative estimate of drug-likeness (QED) is 0.446. The van der Waals surface area contributed by atoms with Crippen molar-refractivity contribution in [2.45, 2.75) is 52.8 Å². The fourth-order valence-electron chi connectivity index (χ4n) is 2.35.